The molecule has 0 aromatic heterocycles. The number of fused-ring (bicyclic) bond motifs is 1. The van der Waals surface area contributed by atoms with Gasteiger partial charge < -0.3 is 10.2 Å². The van der Waals surface area contributed by atoms with E-state index in [9.17, 15) is 10.2 Å². The number of aliphatic hydroxyl groups excluding tert-OH is 1. The lowest BCUT2D eigenvalue weighted by atomic mass is 9.64. The zero-order valence-corrected chi connectivity index (χ0v) is 8.42. The van der Waals surface area contributed by atoms with E-state index < -0.39 is 5.60 Å². The second kappa shape index (κ2) is 2.96. The second-order valence-corrected chi connectivity index (χ2v) is 5.09. The molecule has 2 saturated carbocycles. The van der Waals surface area contributed by atoms with Crippen molar-refractivity contribution in [2.45, 2.75) is 51.0 Å². The fourth-order valence-electron chi connectivity index (χ4n) is 3.44. The maximum Gasteiger partial charge on any atom is 0.0933 e. The molecule has 13 heavy (non-hydrogen) atoms. The van der Waals surface area contributed by atoms with E-state index in [1.807, 2.05) is 0 Å². The van der Waals surface area contributed by atoms with Crippen molar-refractivity contribution in [3.05, 3.63) is 0 Å². The average molecular weight is 184 g/mol. The first-order valence-electron chi connectivity index (χ1n) is 5.46. The quantitative estimate of drug-likeness (QED) is 0.651. The largest absolute Gasteiger partial charge is 0.393 e. The highest BCUT2D eigenvalue weighted by Gasteiger charge is 2.56. The van der Waals surface area contributed by atoms with Gasteiger partial charge in [0.2, 0.25) is 0 Å². The Kier molecular flexibility index (Phi) is 2.16. The van der Waals surface area contributed by atoms with Crippen LogP contribution in [-0.2, 0) is 0 Å². The summed E-state index contributed by atoms with van der Waals surface area (Å²) < 4.78 is 0. The van der Waals surface area contributed by atoms with Crippen molar-refractivity contribution in [2.75, 3.05) is 6.61 Å². The van der Waals surface area contributed by atoms with Gasteiger partial charge in [-0.15, -0.1) is 0 Å². The van der Waals surface area contributed by atoms with Crippen LogP contribution in [0, 0.1) is 11.3 Å². The molecule has 76 valence electrons. The molecule has 0 radical (unpaired) electrons. The van der Waals surface area contributed by atoms with Crippen LogP contribution < -0.4 is 0 Å². The topological polar surface area (TPSA) is 40.5 Å². The van der Waals surface area contributed by atoms with Gasteiger partial charge in [-0.05, 0) is 31.6 Å². The Morgan fingerprint density at radius 2 is 2.00 bits per heavy atom. The van der Waals surface area contributed by atoms with Gasteiger partial charge in [0, 0.05) is 5.41 Å². The van der Waals surface area contributed by atoms with Crippen molar-refractivity contribution in [2.24, 2.45) is 11.3 Å². The standard InChI is InChI=1S/C11H20O2/c1-10-6-3-2-4-9(10)5-7-11(10,13)8-12/h9,12-13H,2-8H2,1H3. The van der Waals surface area contributed by atoms with E-state index >= 15 is 0 Å². The normalized spacial score (nSPS) is 50.5. The van der Waals surface area contributed by atoms with Crippen LogP contribution in [0.5, 0.6) is 0 Å². The van der Waals surface area contributed by atoms with Crippen molar-refractivity contribution >= 4 is 0 Å². The summed E-state index contributed by atoms with van der Waals surface area (Å²) in [5, 5.41) is 19.6. The van der Waals surface area contributed by atoms with E-state index in [0.717, 1.165) is 19.3 Å². The van der Waals surface area contributed by atoms with E-state index in [1.165, 1.54) is 19.3 Å². The predicted molar refractivity (Wildman–Crippen MR) is 51.3 cm³/mol. The molecular formula is C11H20O2. The molecule has 2 N–H and O–H groups in total. The van der Waals surface area contributed by atoms with E-state index in [-0.39, 0.29) is 12.0 Å². The molecule has 0 amide bonds. The molecular weight excluding hydrogens is 164 g/mol. The minimum atomic E-state index is -0.780. The number of hydrogen-bond donors (Lipinski definition) is 2. The Labute approximate surface area is 80.0 Å². The molecule has 2 fully saturated rings. The average Bonchev–Trinajstić information content (AvgIpc) is 2.41. The van der Waals surface area contributed by atoms with Crippen molar-refractivity contribution < 1.29 is 10.2 Å². The first-order chi connectivity index (χ1) is 6.12. The first kappa shape index (κ1) is 9.47. The molecule has 3 unspecified atom stereocenters. The van der Waals surface area contributed by atoms with E-state index in [1.54, 1.807) is 0 Å². The molecule has 0 heterocycles. The number of aliphatic hydroxyl groups is 2. The molecule has 2 aliphatic carbocycles. The molecule has 0 aromatic carbocycles. The Balaban J connectivity index is 2.25. The van der Waals surface area contributed by atoms with Crippen LogP contribution in [0.1, 0.15) is 45.4 Å². The third-order valence-electron chi connectivity index (χ3n) is 4.63. The molecule has 2 heteroatoms. The Hall–Kier alpha value is -0.0800. The third-order valence-corrected chi connectivity index (χ3v) is 4.63. The molecule has 0 saturated heterocycles. The monoisotopic (exact) mass is 184 g/mol. The van der Waals surface area contributed by atoms with Crippen LogP contribution in [0.3, 0.4) is 0 Å². The Morgan fingerprint density at radius 1 is 1.23 bits per heavy atom. The summed E-state index contributed by atoms with van der Waals surface area (Å²) in [6.07, 6.45) is 6.77. The summed E-state index contributed by atoms with van der Waals surface area (Å²) in [5.41, 5.74) is -0.780. The minimum absolute atomic E-state index is 0. The van der Waals surface area contributed by atoms with E-state index in [0.29, 0.717) is 5.92 Å². The molecule has 0 aliphatic heterocycles. The summed E-state index contributed by atoms with van der Waals surface area (Å²) >= 11 is 0. The molecule has 0 spiro atoms. The zero-order valence-electron chi connectivity index (χ0n) is 8.42. The minimum Gasteiger partial charge on any atom is -0.393 e. The summed E-state index contributed by atoms with van der Waals surface area (Å²) in [6, 6.07) is 0. The number of rotatable bonds is 1. The van der Waals surface area contributed by atoms with Crippen LogP contribution in [0.15, 0.2) is 0 Å². The molecule has 0 bridgehead atoms. The van der Waals surface area contributed by atoms with Gasteiger partial charge in [0.15, 0.2) is 0 Å². The zero-order chi connectivity index (χ0) is 9.53. The van der Waals surface area contributed by atoms with Crippen molar-refractivity contribution in [1.82, 2.24) is 0 Å². The van der Waals surface area contributed by atoms with Gasteiger partial charge in [0.1, 0.15) is 0 Å². The molecule has 0 aromatic rings. The maximum atomic E-state index is 10.3. The van der Waals surface area contributed by atoms with Crippen molar-refractivity contribution in [1.29, 1.82) is 0 Å². The van der Waals surface area contributed by atoms with Crippen LogP contribution in [0.4, 0.5) is 0 Å². The predicted octanol–water partition coefficient (Wildman–Crippen LogP) is 1.70. The van der Waals surface area contributed by atoms with Crippen LogP contribution in [0.25, 0.3) is 0 Å². The van der Waals surface area contributed by atoms with Gasteiger partial charge in [-0.25, -0.2) is 0 Å². The summed E-state index contributed by atoms with van der Waals surface area (Å²) in [7, 11) is 0. The SMILES string of the molecule is CC12CCCCC1CCC2(O)CO. The lowest BCUT2D eigenvalue weighted by Gasteiger charge is -2.45. The second-order valence-electron chi connectivity index (χ2n) is 5.09. The van der Waals surface area contributed by atoms with Gasteiger partial charge in [-0.3, -0.25) is 0 Å². The van der Waals surface area contributed by atoms with Crippen molar-refractivity contribution in [3.8, 4) is 0 Å². The molecule has 2 aliphatic rings. The highest BCUT2D eigenvalue weighted by atomic mass is 16.3. The van der Waals surface area contributed by atoms with Crippen molar-refractivity contribution in [3.63, 3.8) is 0 Å². The molecule has 3 atom stereocenters. The highest BCUT2D eigenvalue weighted by molar-refractivity contribution is 5.06. The Bertz CT molecular complexity index is 204. The van der Waals surface area contributed by atoms with Gasteiger partial charge in [0.25, 0.3) is 0 Å². The summed E-state index contributed by atoms with van der Waals surface area (Å²) in [4.78, 5) is 0. The highest BCUT2D eigenvalue weighted by Crippen LogP contribution is 2.57. The van der Waals surface area contributed by atoms with Crippen LogP contribution in [-0.4, -0.2) is 22.4 Å². The van der Waals surface area contributed by atoms with Crippen LogP contribution >= 0.6 is 0 Å². The smallest absolute Gasteiger partial charge is 0.0933 e. The lowest BCUT2D eigenvalue weighted by Crippen LogP contribution is -2.49. The van der Waals surface area contributed by atoms with Crippen LogP contribution in [0.2, 0.25) is 0 Å². The fourth-order valence-corrected chi connectivity index (χ4v) is 3.44. The first-order valence-corrected chi connectivity index (χ1v) is 5.46. The molecule has 2 rings (SSSR count). The van der Waals surface area contributed by atoms with Gasteiger partial charge in [-0.2, -0.15) is 0 Å². The van der Waals surface area contributed by atoms with E-state index in [2.05, 4.69) is 6.92 Å². The van der Waals surface area contributed by atoms with Gasteiger partial charge >= 0.3 is 0 Å². The fraction of sp³-hybridized carbons (Fsp3) is 1.00. The van der Waals surface area contributed by atoms with Gasteiger partial charge in [-0.1, -0.05) is 19.8 Å². The third kappa shape index (κ3) is 1.15. The number of hydrogen-bond acceptors (Lipinski definition) is 2. The Morgan fingerprint density at radius 3 is 2.69 bits per heavy atom. The maximum absolute atomic E-state index is 10.3. The summed E-state index contributed by atoms with van der Waals surface area (Å²) in [6.45, 7) is 2.11. The summed E-state index contributed by atoms with van der Waals surface area (Å²) in [5.74, 6) is 0.651. The lowest BCUT2D eigenvalue weighted by molar-refractivity contribution is -0.114. The van der Waals surface area contributed by atoms with Gasteiger partial charge in [0.05, 0.1) is 12.2 Å². The van der Waals surface area contributed by atoms with E-state index in [4.69, 9.17) is 0 Å². The molecule has 2 nitrogen and oxygen atoms in total.